The predicted octanol–water partition coefficient (Wildman–Crippen LogP) is 10.3. The van der Waals surface area contributed by atoms with E-state index in [1.54, 1.807) is 54.9 Å². The second kappa shape index (κ2) is 31.7. The van der Waals surface area contributed by atoms with E-state index in [2.05, 4.69) is 96.6 Å². The molecular weight excluding hydrogens is 1330 g/mol. The number of aliphatic imine (C=N–C) groups is 3. The maximum Gasteiger partial charge on any atom is 0.337 e. The van der Waals surface area contributed by atoms with Crippen molar-refractivity contribution in [1.29, 1.82) is 0 Å². The Hall–Kier alpha value is -7.32. The summed E-state index contributed by atoms with van der Waals surface area (Å²) in [4.78, 5) is 74.3. The molecule has 0 unspecified atom stereocenters. The van der Waals surface area contributed by atoms with Crippen LogP contribution in [-0.2, 0) is 65.9 Å². The van der Waals surface area contributed by atoms with Crippen LogP contribution in [0.2, 0.25) is 0 Å². The molecule has 2 saturated heterocycles. The molecule has 88 heavy (non-hydrogen) atoms. The minimum atomic E-state index is -0.338. The summed E-state index contributed by atoms with van der Waals surface area (Å²) >= 11 is 10.2. The number of morpholine rings is 2. The molecule has 7 heterocycles. The molecule has 0 spiro atoms. The normalized spacial score (nSPS) is 15.2. The van der Waals surface area contributed by atoms with Crippen molar-refractivity contribution >= 4 is 116 Å². The molecule has 1 aliphatic carbocycles. The van der Waals surface area contributed by atoms with E-state index in [0.29, 0.717) is 46.8 Å². The van der Waals surface area contributed by atoms with Gasteiger partial charge in [-0.3, -0.25) is 34.1 Å². The maximum absolute atomic E-state index is 11.8. The third kappa shape index (κ3) is 16.7. The van der Waals surface area contributed by atoms with E-state index in [-0.39, 0.29) is 37.3 Å². The van der Waals surface area contributed by atoms with Gasteiger partial charge in [0, 0.05) is 78.4 Å². The molecule has 464 valence electrons. The smallest absolute Gasteiger partial charge is 0.337 e. The molecule has 2 aromatic heterocycles. The topological polar surface area (TPSA) is 229 Å². The number of aromatic nitrogens is 4. The highest BCUT2D eigenvalue weighted by Gasteiger charge is 2.30. The molecule has 5 aromatic carbocycles. The fourth-order valence-corrected chi connectivity index (χ4v) is 11.7. The first-order valence-corrected chi connectivity index (χ1v) is 30.5. The van der Waals surface area contributed by atoms with Crippen molar-refractivity contribution in [2.45, 2.75) is 58.9 Å². The predicted molar refractivity (Wildman–Crippen MR) is 346 cm³/mol. The second-order valence-corrected chi connectivity index (χ2v) is 22.9. The van der Waals surface area contributed by atoms with Crippen molar-refractivity contribution in [3.05, 3.63) is 161 Å². The van der Waals surface area contributed by atoms with Crippen LogP contribution in [0.3, 0.4) is 0 Å². The van der Waals surface area contributed by atoms with Crippen molar-refractivity contribution in [3.8, 4) is 0 Å². The summed E-state index contributed by atoms with van der Waals surface area (Å²) in [5, 5.41) is 11.4. The zero-order chi connectivity index (χ0) is 61.6. The van der Waals surface area contributed by atoms with Crippen molar-refractivity contribution in [1.82, 2.24) is 29.4 Å². The number of esters is 5. The number of hydrogen-bond donors (Lipinski definition) is 0. The number of hydrogen-bond acceptors (Lipinski definition) is 19. The highest BCUT2D eigenvalue weighted by molar-refractivity contribution is 9.18. The Morgan fingerprint density at radius 1 is 0.511 bits per heavy atom. The van der Waals surface area contributed by atoms with Gasteiger partial charge < -0.3 is 33.2 Å². The van der Waals surface area contributed by atoms with E-state index in [4.69, 9.17) is 24.0 Å². The van der Waals surface area contributed by atoms with Crippen LogP contribution < -0.4 is 0 Å². The van der Waals surface area contributed by atoms with Crippen LogP contribution in [0.15, 0.2) is 109 Å². The minimum absolute atomic E-state index is 0. The number of rotatable bonds is 12. The lowest BCUT2D eigenvalue weighted by Gasteiger charge is -2.26. The molecular formula is C64H70Br3N9O12. The number of carbonyl (C=O) groups is 5. The molecule has 0 amide bonds. The highest BCUT2D eigenvalue weighted by atomic mass is 79.9. The summed E-state index contributed by atoms with van der Waals surface area (Å²) < 4.78 is 40.8. The van der Waals surface area contributed by atoms with Gasteiger partial charge >= 0.3 is 29.8 Å². The van der Waals surface area contributed by atoms with Gasteiger partial charge in [-0.2, -0.15) is 10.2 Å². The number of fused-ring (bicyclic) bond motifs is 5. The molecule has 5 aliphatic heterocycles. The average Bonchev–Trinajstić information content (AvgIpc) is 2.16. The van der Waals surface area contributed by atoms with Gasteiger partial charge in [-0.15, -0.1) is 0 Å². The van der Waals surface area contributed by atoms with Crippen molar-refractivity contribution < 1.29 is 57.1 Å². The lowest BCUT2D eigenvalue weighted by atomic mass is 10.1. The third-order valence-electron chi connectivity index (χ3n) is 15.1. The number of ether oxygens (including phenoxy) is 7. The summed E-state index contributed by atoms with van der Waals surface area (Å²) in [6.07, 6.45) is 5.93. The van der Waals surface area contributed by atoms with Crippen LogP contribution in [0.5, 0.6) is 0 Å². The Bertz CT molecular complexity index is 3770. The van der Waals surface area contributed by atoms with Crippen molar-refractivity contribution in [2.75, 3.05) is 101 Å². The van der Waals surface area contributed by atoms with E-state index >= 15 is 0 Å². The molecule has 0 bridgehead atoms. The summed E-state index contributed by atoms with van der Waals surface area (Å²) in [5.74, 6) is -1.03. The lowest BCUT2D eigenvalue weighted by Crippen LogP contribution is -2.38. The van der Waals surface area contributed by atoms with Gasteiger partial charge in [0.1, 0.15) is 9.22 Å². The first kappa shape index (κ1) is 66.6. The summed E-state index contributed by atoms with van der Waals surface area (Å²) in [7, 11) is 6.92. The summed E-state index contributed by atoms with van der Waals surface area (Å²) in [6, 6.07) is 25.8. The number of halogens is 3. The quantitative estimate of drug-likeness (QED) is 0.0818. The summed E-state index contributed by atoms with van der Waals surface area (Å²) in [5.41, 5.74) is 12.5. The molecule has 13 rings (SSSR count). The van der Waals surface area contributed by atoms with E-state index in [0.717, 1.165) is 160 Å². The molecule has 21 nitrogen and oxygen atoms in total. The van der Waals surface area contributed by atoms with Gasteiger partial charge in [0.2, 0.25) is 0 Å². The van der Waals surface area contributed by atoms with Crippen molar-refractivity contribution in [3.63, 3.8) is 0 Å². The largest absolute Gasteiger partial charge is 0.465 e. The van der Waals surface area contributed by atoms with E-state index in [9.17, 15) is 24.0 Å². The molecule has 0 N–H and O–H groups in total. The van der Waals surface area contributed by atoms with Gasteiger partial charge in [-0.1, -0.05) is 35.5 Å². The van der Waals surface area contributed by atoms with E-state index < -0.39 is 0 Å². The zero-order valence-corrected chi connectivity index (χ0v) is 53.7. The Labute approximate surface area is 535 Å². The number of nitrogens with zero attached hydrogens (tertiary/aromatic N) is 9. The Kier molecular flexibility index (Phi) is 24.0. The van der Waals surface area contributed by atoms with E-state index in [1.165, 1.54) is 48.4 Å². The maximum atomic E-state index is 11.8. The molecule has 1 saturated carbocycles. The van der Waals surface area contributed by atoms with Gasteiger partial charge in [0.05, 0.1) is 139 Å². The Morgan fingerprint density at radius 2 is 0.977 bits per heavy atom. The van der Waals surface area contributed by atoms with E-state index in [1.807, 2.05) is 47.1 Å². The fourth-order valence-electron chi connectivity index (χ4n) is 10.1. The first-order valence-electron chi connectivity index (χ1n) is 28.2. The monoisotopic (exact) mass is 1390 g/mol. The van der Waals surface area contributed by atoms with Crippen LogP contribution >= 0.6 is 47.8 Å². The second-order valence-electron chi connectivity index (χ2n) is 20.6. The zero-order valence-electron chi connectivity index (χ0n) is 48.9. The number of benzene rings is 5. The lowest BCUT2D eigenvalue weighted by molar-refractivity contribution is 0.0360. The molecule has 6 aliphatic rings. The van der Waals surface area contributed by atoms with Crippen LogP contribution in [0.25, 0.3) is 21.8 Å². The average molecular weight is 1400 g/mol. The first-order chi connectivity index (χ1) is 42.2. The Balaban J connectivity index is 0.000000145. The molecule has 7 aromatic rings. The van der Waals surface area contributed by atoms with Gasteiger partial charge in [0.25, 0.3) is 0 Å². The molecule has 0 atom stereocenters. The SMILES string of the molecule is C.COC(=O)c1cc(Br)c2c(c1)C=NC2.COC(=O)c1ccc2c(c1)C(Br)=NC2.COC(=O)c1ccc2c(c1)C=NC2.COC(=O)c1ccc2c(c1)c(Br)nn2CCN1CCOCC1.COC(=O)c1ccc2c(c1)c(C1CC1)nn2CCN1CCOCC1. The van der Waals surface area contributed by atoms with Gasteiger partial charge in [-0.25, -0.2) is 24.0 Å². The third-order valence-corrected chi connectivity index (χ3v) is 17.1. The molecule has 24 heteroatoms. The fraction of sp³-hybridized carbons (Fsp3) is 0.375. The van der Waals surface area contributed by atoms with Crippen LogP contribution in [0, 0.1) is 0 Å². The van der Waals surface area contributed by atoms with Gasteiger partial charge in [0.15, 0.2) is 0 Å². The number of methoxy groups -OCH3 is 5. The highest BCUT2D eigenvalue weighted by Crippen LogP contribution is 2.43. The molecule has 3 fully saturated rings. The van der Waals surface area contributed by atoms with Crippen LogP contribution in [0.1, 0.15) is 117 Å². The standard InChI is InChI=1S/C18H23N3O3.C15H18BrN3O3.2C10H8BrNO2.C10H9NO2.CH4/c1-23-18(22)14-4-5-16-15(12-14)17(13-2-3-13)19-21(16)7-6-20-8-10-24-11-9-20;1-21-15(20)11-2-3-13-12(10-11)14(16)17-19(13)5-4-18-6-8-22-9-7-18;1-14-10(13)6-2-7-4-12-5-8(7)9(11)3-6;1-14-10(13)6-2-3-7-5-12-9(11)8(7)4-6;1-13-10(12)7-2-3-8-5-11-6-9(8)4-7;/h4-5,12-13H,2-3,6-11H2,1H3;2-3,10H,4-9H2,1H3;2*2-4H,5H2,1H3;2-4,6H,5H2,1H3;1H4. The van der Waals surface area contributed by atoms with Crippen LogP contribution in [-0.4, -0.2) is 178 Å². The minimum Gasteiger partial charge on any atom is -0.465 e. The van der Waals surface area contributed by atoms with Crippen molar-refractivity contribution in [2.24, 2.45) is 15.0 Å². The Morgan fingerprint density at radius 3 is 1.55 bits per heavy atom. The summed E-state index contributed by atoms with van der Waals surface area (Å²) in [6.45, 7) is 12.8. The van der Waals surface area contributed by atoms with Gasteiger partial charge in [-0.05, 0) is 145 Å². The molecule has 0 radical (unpaired) electrons. The number of carbonyl (C=O) groups excluding carboxylic acids is 5. The van der Waals surface area contributed by atoms with Crippen LogP contribution in [0.4, 0.5) is 0 Å².